The minimum atomic E-state index is -1.70. The fourth-order valence-electron chi connectivity index (χ4n) is 0.677. The van der Waals surface area contributed by atoms with Crippen molar-refractivity contribution in [1.29, 1.82) is 0 Å². The van der Waals surface area contributed by atoms with E-state index in [0.29, 0.717) is 4.99 Å². The van der Waals surface area contributed by atoms with Crippen molar-refractivity contribution in [2.75, 3.05) is 0 Å². The van der Waals surface area contributed by atoms with Crippen LogP contribution >= 0.6 is 12.2 Å². The van der Waals surface area contributed by atoms with Crippen molar-refractivity contribution in [1.82, 2.24) is 0 Å². The molecule has 0 radical (unpaired) electrons. The van der Waals surface area contributed by atoms with E-state index >= 15 is 0 Å². The van der Waals surface area contributed by atoms with E-state index in [1.54, 1.807) is 0 Å². The van der Waals surface area contributed by atoms with Crippen molar-refractivity contribution in [2.45, 2.75) is 51.9 Å². The van der Waals surface area contributed by atoms with Crippen molar-refractivity contribution >= 4 is 25.5 Å². The van der Waals surface area contributed by atoms with Gasteiger partial charge < -0.3 is 10.2 Å². The highest BCUT2D eigenvalue weighted by molar-refractivity contribution is 7.80. The smallest absolute Gasteiger partial charge is 0.193 e. The van der Waals surface area contributed by atoms with E-state index < -0.39 is 8.32 Å². The Hall–Kier alpha value is 0.0669. The zero-order valence-corrected chi connectivity index (χ0v) is 11.3. The summed E-state index contributed by atoms with van der Waals surface area (Å²) < 4.78 is 5.94. The highest BCUT2D eigenvalue weighted by Gasteiger charge is 2.38. The molecule has 0 aromatic heterocycles. The normalized spacial score (nSPS) is 15.5. The quantitative estimate of drug-likeness (QED) is 0.585. The summed E-state index contributed by atoms with van der Waals surface area (Å²) in [5.41, 5.74) is 5.52. The summed E-state index contributed by atoms with van der Waals surface area (Å²) in [6.45, 7) is 12.9. The molecule has 0 fully saturated rings. The van der Waals surface area contributed by atoms with E-state index in [9.17, 15) is 0 Å². The molecule has 0 amide bonds. The summed E-state index contributed by atoms with van der Waals surface area (Å²) in [4.78, 5) is 0.449. The molecule has 0 spiro atoms. The lowest BCUT2D eigenvalue weighted by Crippen LogP contribution is -2.46. The van der Waals surface area contributed by atoms with Gasteiger partial charge in [0.1, 0.15) is 4.99 Å². The molecule has 0 aliphatic rings. The van der Waals surface area contributed by atoms with E-state index in [1.165, 1.54) is 0 Å². The van der Waals surface area contributed by atoms with Crippen LogP contribution in [-0.4, -0.2) is 19.4 Å². The van der Waals surface area contributed by atoms with Crippen LogP contribution in [0.15, 0.2) is 0 Å². The van der Waals surface area contributed by atoms with Crippen molar-refractivity contribution in [2.24, 2.45) is 5.73 Å². The van der Waals surface area contributed by atoms with E-state index in [1.807, 2.05) is 6.92 Å². The summed E-state index contributed by atoms with van der Waals surface area (Å²) in [6, 6.07) is 0. The van der Waals surface area contributed by atoms with E-state index in [-0.39, 0.29) is 11.1 Å². The van der Waals surface area contributed by atoms with Gasteiger partial charge in [0.15, 0.2) is 8.32 Å². The predicted molar refractivity (Wildman–Crippen MR) is 64.5 cm³/mol. The average molecular weight is 219 g/mol. The zero-order chi connectivity index (χ0) is 10.9. The summed E-state index contributed by atoms with van der Waals surface area (Å²) in [5.74, 6) is 0. The van der Waals surface area contributed by atoms with Crippen LogP contribution in [0.2, 0.25) is 18.1 Å². The molecule has 0 bridgehead atoms. The molecule has 0 aromatic rings. The lowest BCUT2D eigenvalue weighted by molar-refractivity contribution is 0.260. The second-order valence-corrected chi connectivity index (χ2v) is 10.2. The highest BCUT2D eigenvalue weighted by atomic mass is 32.1. The molecule has 2 N–H and O–H groups in total. The molecule has 0 saturated carbocycles. The highest BCUT2D eigenvalue weighted by Crippen LogP contribution is 2.37. The van der Waals surface area contributed by atoms with Crippen molar-refractivity contribution in [3.63, 3.8) is 0 Å². The fourth-order valence-corrected chi connectivity index (χ4v) is 2.17. The Labute approximate surface area is 88.0 Å². The largest absolute Gasteiger partial charge is 0.408 e. The van der Waals surface area contributed by atoms with Crippen LogP contribution in [-0.2, 0) is 4.43 Å². The maximum atomic E-state index is 5.94. The minimum Gasteiger partial charge on any atom is -0.408 e. The molecule has 2 nitrogen and oxygen atoms in total. The standard InChI is InChI=1S/C9H21NOSSi/c1-7(8(10)12)11-13(5,6)9(2,3)4/h7H,1-6H3,(H2,10,12)/t7-/m1/s1. The van der Waals surface area contributed by atoms with Crippen LogP contribution in [0.4, 0.5) is 0 Å². The van der Waals surface area contributed by atoms with Crippen molar-refractivity contribution in [3.8, 4) is 0 Å². The maximum Gasteiger partial charge on any atom is 0.193 e. The summed E-state index contributed by atoms with van der Waals surface area (Å²) in [6.07, 6.45) is -0.101. The Morgan fingerprint density at radius 3 is 2.00 bits per heavy atom. The first-order valence-electron chi connectivity index (χ1n) is 4.55. The molecule has 4 heteroatoms. The topological polar surface area (TPSA) is 35.2 Å². The molecule has 0 rings (SSSR count). The molecule has 0 unspecified atom stereocenters. The van der Waals surface area contributed by atoms with Crippen LogP contribution in [0.1, 0.15) is 27.7 Å². The molecule has 1 atom stereocenters. The van der Waals surface area contributed by atoms with Gasteiger partial charge in [-0.15, -0.1) is 0 Å². The predicted octanol–water partition coefficient (Wildman–Crippen LogP) is 2.68. The SMILES string of the molecule is C[C@@H](O[Si](C)(C)C(C)(C)C)C(N)=S. The average Bonchev–Trinajstić information content (AvgIpc) is 1.83. The molecule has 0 aromatic carbocycles. The van der Waals surface area contributed by atoms with E-state index in [0.717, 1.165) is 0 Å². The van der Waals surface area contributed by atoms with Gasteiger partial charge in [0.05, 0.1) is 6.10 Å². The van der Waals surface area contributed by atoms with Crippen LogP contribution in [0, 0.1) is 0 Å². The Kier molecular flexibility index (Phi) is 4.09. The number of rotatable bonds is 3. The van der Waals surface area contributed by atoms with Crippen molar-refractivity contribution in [3.05, 3.63) is 0 Å². The molecule has 0 saturated heterocycles. The Morgan fingerprint density at radius 2 is 1.77 bits per heavy atom. The minimum absolute atomic E-state index is 0.101. The lowest BCUT2D eigenvalue weighted by Gasteiger charge is -2.38. The second-order valence-electron chi connectivity index (χ2n) is 4.92. The molecule has 13 heavy (non-hydrogen) atoms. The molecule has 0 heterocycles. The fraction of sp³-hybridized carbons (Fsp3) is 0.889. The van der Waals surface area contributed by atoms with E-state index in [4.69, 9.17) is 22.4 Å². The van der Waals surface area contributed by atoms with Crippen LogP contribution < -0.4 is 5.73 Å². The second kappa shape index (κ2) is 4.07. The first kappa shape index (κ1) is 13.1. The Balaban J connectivity index is 4.43. The zero-order valence-electron chi connectivity index (χ0n) is 9.47. The van der Waals surface area contributed by atoms with Gasteiger partial charge in [-0.2, -0.15) is 0 Å². The van der Waals surface area contributed by atoms with Gasteiger partial charge in [-0.25, -0.2) is 0 Å². The molecular weight excluding hydrogens is 198 g/mol. The third-order valence-electron chi connectivity index (χ3n) is 2.68. The van der Waals surface area contributed by atoms with Gasteiger partial charge in [0.2, 0.25) is 0 Å². The third-order valence-corrected chi connectivity index (χ3v) is 7.57. The Bertz CT molecular complexity index is 198. The van der Waals surface area contributed by atoms with Crippen LogP contribution in [0.25, 0.3) is 0 Å². The summed E-state index contributed by atoms with van der Waals surface area (Å²) >= 11 is 4.88. The van der Waals surface area contributed by atoms with Crippen LogP contribution in [0.3, 0.4) is 0 Å². The number of thiocarbonyl (C=S) groups is 1. The molecule has 0 aliphatic heterocycles. The first-order valence-corrected chi connectivity index (χ1v) is 7.87. The lowest BCUT2D eigenvalue weighted by atomic mass is 10.2. The van der Waals surface area contributed by atoms with Gasteiger partial charge in [-0.1, -0.05) is 33.0 Å². The Morgan fingerprint density at radius 1 is 1.38 bits per heavy atom. The molecular formula is C9H21NOSSi. The molecule has 78 valence electrons. The number of nitrogens with two attached hydrogens (primary N) is 1. The van der Waals surface area contributed by atoms with Gasteiger partial charge in [0, 0.05) is 0 Å². The maximum absolute atomic E-state index is 5.94. The van der Waals surface area contributed by atoms with Gasteiger partial charge >= 0.3 is 0 Å². The monoisotopic (exact) mass is 219 g/mol. The molecule has 0 aliphatic carbocycles. The van der Waals surface area contributed by atoms with E-state index in [2.05, 4.69) is 33.9 Å². The number of hydrogen-bond donors (Lipinski definition) is 1. The summed E-state index contributed by atoms with van der Waals surface area (Å²) in [7, 11) is -1.70. The van der Waals surface area contributed by atoms with Gasteiger partial charge in [-0.3, -0.25) is 0 Å². The van der Waals surface area contributed by atoms with Gasteiger partial charge in [-0.05, 0) is 25.1 Å². The van der Waals surface area contributed by atoms with Crippen LogP contribution in [0.5, 0.6) is 0 Å². The number of hydrogen-bond acceptors (Lipinski definition) is 2. The third kappa shape index (κ3) is 3.75. The first-order chi connectivity index (χ1) is 5.58. The summed E-state index contributed by atoms with van der Waals surface area (Å²) in [5, 5.41) is 0.214. The van der Waals surface area contributed by atoms with Gasteiger partial charge in [0.25, 0.3) is 0 Å². The van der Waals surface area contributed by atoms with Crippen molar-refractivity contribution < 1.29 is 4.43 Å².